The molecule has 1 fully saturated rings. The molecule has 0 amide bonds. The van der Waals surface area contributed by atoms with Gasteiger partial charge in [-0.25, -0.2) is 9.97 Å². The van der Waals surface area contributed by atoms with Crippen LogP contribution in [-0.4, -0.2) is 28.0 Å². The fourth-order valence-corrected chi connectivity index (χ4v) is 2.38. The quantitative estimate of drug-likeness (QED) is 0.878. The number of hydrogen-bond acceptors (Lipinski definition) is 5. The van der Waals surface area contributed by atoms with Crippen LogP contribution in [0.3, 0.4) is 0 Å². The van der Waals surface area contributed by atoms with E-state index in [4.69, 9.17) is 0 Å². The molecule has 0 aliphatic carbocycles. The van der Waals surface area contributed by atoms with Gasteiger partial charge in [0.05, 0.1) is 0 Å². The number of nitrogens with one attached hydrogen (secondary N) is 2. The maximum atomic E-state index is 4.64. The van der Waals surface area contributed by atoms with Gasteiger partial charge in [0, 0.05) is 41.9 Å². The highest BCUT2D eigenvalue weighted by molar-refractivity contribution is 5.54. The minimum atomic E-state index is 0.511. The van der Waals surface area contributed by atoms with E-state index in [0.717, 1.165) is 36.6 Å². The van der Waals surface area contributed by atoms with Crippen molar-refractivity contribution in [2.75, 3.05) is 18.4 Å². The van der Waals surface area contributed by atoms with E-state index in [1.54, 1.807) is 18.5 Å². The summed E-state index contributed by atoms with van der Waals surface area (Å²) in [6.07, 6.45) is 4.61. The second-order valence-electron chi connectivity index (χ2n) is 4.81. The zero-order valence-corrected chi connectivity index (χ0v) is 10.9. The first-order valence-electron chi connectivity index (χ1n) is 6.54. The van der Waals surface area contributed by atoms with Gasteiger partial charge in [-0.1, -0.05) is 0 Å². The van der Waals surface area contributed by atoms with E-state index >= 15 is 0 Å². The van der Waals surface area contributed by atoms with Crippen LogP contribution in [0.5, 0.6) is 0 Å². The first-order chi connectivity index (χ1) is 9.31. The number of aryl methyl sites for hydroxylation is 1. The molecule has 2 N–H and O–H groups in total. The summed E-state index contributed by atoms with van der Waals surface area (Å²) in [5, 5.41) is 6.60. The third-order valence-corrected chi connectivity index (χ3v) is 3.27. The van der Waals surface area contributed by atoms with Crippen molar-refractivity contribution in [2.45, 2.75) is 19.3 Å². The lowest BCUT2D eigenvalue weighted by Crippen LogP contribution is -2.09. The molecule has 2 aromatic rings. The van der Waals surface area contributed by atoms with E-state index < -0.39 is 0 Å². The molecule has 0 spiro atoms. The van der Waals surface area contributed by atoms with Crippen LogP contribution in [0.4, 0.5) is 11.6 Å². The van der Waals surface area contributed by atoms with Crippen molar-refractivity contribution in [1.82, 2.24) is 20.3 Å². The van der Waals surface area contributed by atoms with Crippen molar-refractivity contribution < 1.29 is 0 Å². The minimum Gasteiger partial charge on any atom is -0.324 e. The van der Waals surface area contributed by atoms with Crippen molar-refractivity contribution in [3.63, 3.8) is 0 Å². The van der Waals surface area contributed by atoms with Gasteiger partial charge in [0.1, 0.15) is 0 Å². The smallest absolute Gasteiger partial charge is 0.227 e. The molecular weight excluding hydrogens is 238 g/mol. The maximum absolute atomic E-state index is 4.64. The van der Waals surface area contributed by atoms with E-state index in [1.807, 2.05) is 13.0 Å². The molecule has 1 atom stereocenters. The van der Waals surface area contributed by atoms with Gasteiger partial charge < -0.3 is 10.6 Å². The van der Waals surface area contributed by atoms with Crippen molar-refractivity contribution in [2.24, 2.45) is 0 Å². The zero-order chi connectivity index (χ0) is 13.1. The average molecular weight is 255 g/mol. The van der Waals surface area contributed by atoms with Gasteiger partial charge in [-0.2, -0.15) is 0 Å². The summed E-state index contributed by atoms with van der Waals surface area (Å²) < 4.78 is 0. The van der Waals surface area contributed by atoms with Crippen molar-refractivity contribution >= 4 is 11.6 Å². The molecule has 19 heavy (non-hydrogen) atoms. The lowest BCUT2D eigenvalue weighted by Gasteiger charge is -2.12. The summed E-state index contributed by atoms with van der Waals surface area (Å²) in [6.45, 7) is 4.10. The summed E-state index contributed by atoms with van der Waals surface area (Å²) in [5.41, 5.74) is 3.16. The Kier molecular flexibility index (Phi) is 3.37. The Morgan fingerprint density at radius 3 is 2.84 bits per heavy atom. The Labute approximate surface area is 112 Å². The van der Waals surface area contributed by atoms with Crippen molar-refractivity contribution in [1.29, 1.82) is 0 Å². The van der Waals surface area contributed by atoms with Crippen LogP contribution < -0.4 is 10.6 Å². The Morgan fingerprint density at radius 2 is 2.11 bits per heavy atom. The molecule has 0 aromatic carbocycles. The molecule has 0 radical (unpaired) electrons. The average Bonchev–Trinajstić information content (AvgIpc) is 2.93. The first-order valence-corrected chi connectivity index (χ1v) is 6.54. The molecule has 1 saturated heterocycles. The molecule has 5 heteroatoms. The largest absolute Gasteiger partial charge is 0.324 e. The molecule has 3 rings (SSSR count). The summed E-state index contributed by atoms with van der Waals surface area (Å²) in [6, 6.07) is 5.92. The molecule has 2 aromatic heterocycles. The minimum absolute atomic E-state index is 0.511. The molecule has 0 saturated carbocycles. The molecule has 1 aliphatic rings. The number of hydrogen-bond donors (Lipinski definition) is 2. The Morgan fingerprint density at radius 1 is 1.26 bits per heavy atom. The van der Waals surface area contributed by atoms with Gasteiger partial charge >= 0.3 is 0 Å². The van der Waals surface area contributed by atoms with Crippen LogP contribution in [0.25, 0.3) is 0 Å². The van der Waals surface area contributed by atoms with E-state index in [0.29, 0.717) is 11.9 Å². The first kappa shape index (κ1) is 12.0. The third kappa shape index (κ3) is 2.88. The Bertz CT molecular complexity index is 549. The van der Waals surface area contributed by atoms with E-state index in [1.165, 1.54) is 0 Å². The van der Waals surface area contributed by atoms with Crippen LogP contribution >= 0.6 is 0 Å². The van der Waals surface area contributed by atoms with Gasteiger partial charge in [-0.05, 0) is 38.1 Å². The molecule has 5 nitrogen and oxygen atoms in total. The normalized spacial score (nSPS) is 18.5. The van der Waals surface area contributed by atoms with Gasteiger partial charge in [-0.3, -0.25) is 4.98 Å². The zero-order valence-electron chi connectivity index (χ0n) is 10.9. The van der Waals surface area contributed by atoms with Crippen LogP contribution in [-0.2, 0) is 0 Å². The highest BCUT2D eigenvalue weighted by atomic mass is 15.1. The van der Waals surface area contributed by atoms with Crippen molar-refractivity contribution in [3.05, 3.63) is 42.0 Å². The SMILES string of the molecule is Cc1cc(Nc2ncccn2)cc([C@H]2CCNC2)n1. The second-order valence-corrected chi connectivity index (χ2v) is 4.81. The van der Waals surface area contributed by atoms with Crippen molar-refractivity contribution in [3.8, 4) is 0 Å². The molecule has 98 valence electrons. The maximum Gasteiger partial charge on any atom is 0.227 e. The van der Waals surface area contributed by atoms with Crippen LogP contribution in [0.1, 0.15) is 23.7 Å². The van der Waals surface area contributed by atoms with Crippen LogP contribution in [0.15, 0.2) is 30.6 Å². The van der Waals surface area contributed by atoms with Crippen LogP contribution in [0, 0.1) is 6.92 Å². The topological polar surface area (TPSA) is 62.7 Å². The summed E-state index contributed by atoms with van der Waals surface area (Å²) in [5.74, 6) is 1.13. The number of pyridine rings is 1. The predicted octanol–water partition coefficient (Wildman–Crippen LogP) is 2.00. The molecular formula is C14H17N5. The molecule has 0 bridgehead atoms. The lowest BCUT2D eigenvalue weighted by molar-refractivity contribution is 0.731. The summed E-state index contributed by atoms with van der Waals surface area (Å²) in [4.78, 5) is 13.0. The third-order valence-electron chi connectivity index (χ3n) is 3.27. The van der Waals surface area contributed by atoms with Gasteiger partial charge in [0.15, 0.2) is 0 Å². The van der Waals surface area contributed by atoms with Gasteiger partial charge in [-0.15, -0.1) is 0 Å². The highest BCUT2D eigenvalue weighted by Crippen LogP contribution is 2.24. The fourth-order valence-electron chi connectivity index (χ4n) is 2.38. The van der Waals surface area contributed by atoms with E-state index in [-0.39, 0.29) is 0 Å². The number of anilines is 2. The number of rotatable bonds is 3. The van der Waals surface area contributed by atoms with E-state index in [2.05, 4.69) is 31.7 Å². The Hall–Kier alpha value is -2.01. The number of aromatic nitrogens is 3. The van der Waals surface area contributed by atoms with Gasteiger partial charge in [0.25, 0.3) is 0 Å². The molecule has 1 aliphatic heterocycles. The monoisotopic (exact) mass is 255 g/mol. The number of nitrogens with zero attached hydrogens (tertiary/aromatic N) is 3. The molecule has 0 unspecified atom stereocenters. The standard InChI is InChI=1S/C14H17N5/c1-10-7-12(19-14-16-4-2-5-17-14)8-13(18-10)11-3-6-15-9-11/h2,4-5,7-8,11,15H,3,6,9H2,1H3,(H,16,17,18,19)/t11-/m0/s1. The molecule has 3 heterocycles. The summed E-state index contributed by atoms with van der Waals surface area (Å²) in [7, 11) is 0. The van der Waals surface area contributed by atoms with Gasteiger partial charge in [0.2, 0.25) is 5.95 Å². The van der Waals surface area contributed by atoms with E-state index in [9.17, 15) is 0 Å². The van der Waals surface area contributed by atoms with Crippen LogP contribution in [0.2, 0.25) is 0 Å². The fraction of sp³-hybridized carbons (Fsp3) is 0.357. The highest BCUT2D eigenvalue weighted by Gasteiger charge is 2.18. The predicted molar refractivity (Wildman–Crippen MR) is 74.5 cm³/mol. The summed E-state index contributed by atoms with van der Waals surface area (Å²) >= 11 is 0. The Balaban J connectivity index is 1.85. The lowest BCUT2D eigenvalue weighted by atomic mass is 10.0. The second kappa shape index (κ2) is 5.32.